The molecule has 3 aromatic rings. The van der Waals surface area contributed by atoms with Gasteiger partial charge in [0, 0.05) is 38.1 Å². The molecule has 0 radical (unpaired) electrons. The molecule has 0 aliphatic rings. The molecule has 3 rings (SSSR count). The third-order valence-electron chi connectivity index (χ3n) is 4.07. The van der Waals surface area contributed by atoms with Crippen LogP contribution in [0.5, 0.6) is 5.75 Å². The fourth-order valence-corrected chi connectivity index (χ4v) is 2.66. The van der Waals surface area contributed by atoms with E-state index in [9.17, 15) is 4.79 Å². The molecule has 1 amide bonds. The maximum atomic E-state index is 11.8. The van der Waals surface area contributed by atoms with Crippen LogP contribution < -0.4 is 10.1 Å². The second-order valence-electron chi connectivity index (χ2n) is 6.50. The fourth-order valence-electron chi connectivity index (χ4n) is 2.66. The minimum absolute atomic E-state index is 0.141. The molecule has 9 nitrogen and oxygen atoms in total. The van der Waals surface area contributed by atoms with Crippen molar-refractivity contribution in [2.24, 2.45) is 0 Å². The van der Waals surface area contributed by atoms with E-state index in [1.807, 2.05) is 32.2 Å². The van der Waals surface area contributed by atoms with Crippen LogP contribution in [0.1, 0.15) is 13.8 Å². The molecular weight excluding hydrogens is 360 g/mol. The van der Waals surface area contributed by atoms with Crippen molar-refractivity contribution in [1.82, 2.24) is 24.5 Å². The summed E-state index contributed by atoms with van der Waals surface area (Å²) >= 11 is 0. The predicted octanol–water partition coefficient (Wildman–Crippen LogP) is 2.69. The number of rotatable bonds is 7. The van der Waals surface area contributed by atoms with Crippen LogP contribution in [-0.2, 0) is 4.74 Å². The number of hydrogen-bond acceptors (Lipinski definition) is 7. The molecule has 0 bridgehead atoms. The molecule has 148 valence electrons. The van der Waals surface area contributed by atoms with Crippen LogP contribution in [0, 0.1) is 0 Å². The van der Waals surface area contributed by atoms with Gasteiger partial charge in [0.15, 0.2) is 5.65 Å². The highest BCUT2D eigenvalue weighted by atomic mass is 16.6. The molecule has 0 fully saturated rings. The number of anilines is 1. The van der Waals surface area contributed by atoms with Gasteiger partial charge in [-0.3, -0.25) is 4.98 Å². The Kier molecular flexibility index (Phi) is 5.93. The van der Waals surface area contributed by atoms with Gasteiger partial charge >= 0.3 is 6.09 Å². The highest BCUT2D eigenvalue weighted by molar-refractivity contribution is 5.81. The largest absolute Gasteiger partial charge is 0.494 e. The Morgan fingerprint density at radius 2 is 2.11 bits per heavy atom. The van der Waals surface area contributed by atoms with E-state index in [-0.39, 0.29) is 12.2 Å². The molecule has 0 saturated heterocycles. The van der Waals surface area contributed by atoms with E-state index in [2.05, 4.69) is 20.4 Å². The first kappa shape index (κ1) is 19.4. The predicted molar refractivity (Wildman–Crippen MR) is 106 cm³/mol. The van der Waals surface area contributed by atoms with Gasteiger partial charge in [0.05, 0.1) is 31.2 Å². The Balaban J connectivity index is 1.73. The normalized spacial score (nSPS) is 10.9. The lowest BCUT2D eigenvalue weighted by Crippen LogP contribution is -2.33. The van der Waals surface area contributed by atoms with Crippen molar-refractivity contribution >= 4 is 17.6 Å². The molecule has 0 spiro atoms. The summed E-state index contributed by atoms with van der Waals surface area (Å²) < 4.78 is 12.3. The maximum Gasteiger partial charge on any atom is 0.409 e. The number of amides is 1. The summed E-state index contributed by atoms with van der Waals surface area (Å²) in [4.78, 5) is 22.1. The topological polar surface area (TPSA) is 93.9 Å². The minimum atomic E-state index is -0.344. The molecule has 0 atom stereocenters. The van der Waals surface area contributed by atoms with E-state index in [1.165, 1.54) is 4.90 Å². The van der Waals surface area contributed by atoms with Crippen LogP contribution in [0.25, 0.3) is 16.8 Å². The third-order valence-corrected chi connectivity index (χ3v) is 4.07. The Bertz CT molecular complexity index is 956. The summed E-state index contributed by atoms with van der Waals surface area (Å²) in [6, 6.07) is 3.70. The monoisotopic (exact) mass is 384 g/mol. The zero-order chi connectivity index (χ0) is 20.1. The van der Waals surface area contributed by atoms with Gasteiger partial charge in [-0.05, 0) is 26.0 Å². The average molecular weight is 384 g/mol. The van der Waals surface area contributed by atoms with Crippen LogP contribution in [0.15, 0.2) is 36.9 Å². The Morgan fingerprint density at radius 3 is 2.86 bits per heavy atom. The SMILES string of the molecule is COc1cnccc1-c1cnn2ccc(NCCN(C)C(=O)OC(C)C)nc12. The number of pyridine rings is 1. The lowest BCUT2D eigenvalue weighted by molar-refractivity contribution is 0.0851. The first-order chi connectivity index (χ1) is 13.5. The summed E-state index contributed by atoms with van der Waals surface area (Å²) in [6.45, 7) is 4.67. The molecular formula is C19H24N6O3. The number of carbonyl (C=O) groups is 1. The first-order valence-corrected chi connectivity index (χ1v) is 8.98. The molecule has 3 heterocycles. The highest BCUT2D eigenvalue weighted by Crippen LogP contribution is 2.31. The van der Waals surface area contributed by atoms with E-state index >= 15 is 0 Å². The van der Waals surface area contributed by atoms with Crippen LogP contribution in [0.3, 0.4) is 0 Å². The van der Waals surface area contributed by atoms with Gasteiger partial charge in [-0.2, -0.15) is 5.10 Å². The van der Waals surface area contributed by atoms with Gasteiger partial charge in [-0.25, -0.2) is 14.3 Å². The summed E-state index contributed by atoms with van der Waals surface area (Å²) in [5.41, 5.74) is 2.41. The van der Waals surface area contributed by atoms with Gasteiger partial charge in [-0.1, -0.05) is 0 Å². The van der Waals surface area contributed by atoms with Crippen molar-refractivity contribution < 1.29 is 14.3 Å². The highest BCUT2D eigenvalue weighted by Gasteiger charge is 2.14. The Hall–Kier alpha value is -3.36. The lowest BCUT2D eigenvalue weighted by atomic mass is 10.1. The van der Waals surface area contributed by atoms with E-state index in [0.29, 0.717) is 30.3 Å². The van der Waals surface area contributed by atoms with Gasteiger partial charge in [0.1, 0.15) is 11.6 Å². The Labute approximate surface area is 163 Å². The van der Waals surface area contributed by atoms with Crippen LogP contribution in [0.2, 0.25) is 0 Å². The molecule has 0 aliphatic heterocycles. The summed E-state index contributed by atoms with van der Waals surface area (Å²) in [5.74, 6) is 1.34. The molecule has 9 heteroatoms. The third kappa shape index (κ3) is 4.30. The number of nitrogens with one attached hydrogen (secondary N) is 1. The standard InChI is InChI=1S/C19H24N6O3/c1-13(2)28-19(26)24(3)10-8-21-17-6-9-25-18(23-17)15(11-22-25)14-5-7-20-12-16(14)27-4/h5-7,9,11-13H,8,10H2,1-4H3,(H,21,23). The second-order valence-corrected chi connectivity index (χ2v) is 6.50. The van der Waals surface area contributed by atoms with Gasteiger partial charge in [-0.15, -0.1) is 0 Å². The van der Waals surface area contributed by atoms with E-state index in [1.54, 1.807) is 37.3 Å². The maximum absolute atomic E-state index is 11.8. The number of likely N-dealkylation sites (N-methyl/N-ethyl adjacent to an activating group) is 1. The molecule has 0 saturated carbocycles. The first-order valence-electron chi connectivity index (χ1n) is 8.98. The van der Waals surface area contributed by atoms with E-state index in [4.69, 9.17) is 9.47 Å². The number of ether oxygens (including phenoxy) is 2. The zero-order valence-corrected chi connectivity index (χ0v) is 16.4. The fraction of sp³-hybridized carbons (Fsp3) is 0.368. The van der Waals surface area contributed by atoms with E-state index < -0.39 is 0 Å². The van der Waals surface area contributed by atoms with Crippen LogP contribution in [-0.4, -0.2) is 63.9 Å². The average Bonchev–Trinajstić information content (AvgIpc) is 3.10. The number of carbonyl (C=O) groups excluding carboxylic acids is 1. The molecule has 3 aromatic heterocycles. The molecule has 0 unspecified atom stereocenters. The van der Waals surface area contributed by atoms with Crippen molar-refractivity contribution in [3.8, 4) is 16.9 Å². The summed E-state index contributed by atoms with van der Waals surface area (Å²) in [5, 5.41) is 7.58. The number of methoxy groups -OCH3 is 1. The number of fused-ring (bicyclic) bond motifs is 1. The van der Waals surface area contributed by atoms with Crippen molar-refractivity contribution in [1.29, 1.82) is 0 Å². The van der Waals surface area contributed by atoms with Crippen molar-refractivity contribution in [2.75, 3.05) is 32.6 Å². The van der Waals surface area contributed by atoms with Crippen LogP contribution >= 0.6 is 0 Å². The molecule has 1 N–H and O–H groups in total. The van der Waals surface area contributed by atoms with Gasteiger partial charge in [0.2, 0.25) is 0 Å². The molecule has 0 aromatic carbocycles. The number of nitrogens with zero attached hydrogens (tertiary/aromatic N) is 5. The lowest BCUT2D eigenvalue weighted by Gasteiger charge is -2.19. The van der Waals surface area contributed by atoms with Crippen molar-refractivity contribution in [3.05, 3.63) is 36.9 Å². The Morgan fingerprint density at radius 1 is 1.29 bits per heavy atom. The van der Waals surface area contributed by atoms with Gasteiger partial charge in [0.25, 0.3) is 0 Å². The second kappa shape index (κ2) is 8.55. The van der Waals surface area contributed by atoms with E-state index in [0.717, 1.165) is 11.1 Å². The minimum Gasteiger partial charge on any atom is -0.494 e. The molecule has 28 heavy (non-hydrogen) atoms. The van der Waals surface area contributed by atoms with Crippen LogP contribution in [0.4, 0.5) is 10.6 Å². The zero-order valence-electron chi connectivity index (χ0n) is 16.4. The number of hydrogen-bond donors (Lipinski definition) is 1. The van der Waals surface area contributed by atoms with Crippen molar-refractivity contribution in [3.63, 3.8) is 0 Å². The summed E-state index contributed by atoms with van der Waals surface area (Å²) in [7, 11) is 3.31. The summed E-state index contributed by atoms with van der Waals surface area (Å²) in [6.07, 6.45) is 6.46. The smallest absolute Gasteiger partial charge is 0.409 e. The van der Waals surface area contributed by atoms with Crippen molar-refractivity contribution in [2.45, 2.75) is 20.0 Å². The number of aromatic nitrogens is 4. The van der Waals surface area contributed by atoms with Gasteiger partial charge < -0.3 is 19.7 Å². The molecule has 0 aliphatic carbocycles. The quantitative estimate of drug-likeness (QED) is 0.669.